The molecule has 0 radical (unpaired) electrons. The van der Waals surface area contributed by atoms with E-state index in [1.165, 1.54) is 26.0 Å². The third kappa shape index (κ3) is 2.57. The minimum Gasteiger partial charge on any atom is -0.504 e. The number of carbonyl (C=O) groups is 2. The van der Waals surface area contributed by atoms with E-state index in [-0.39, 0.29) is 5.56 Å². The average molecular weight is 266 g/mol. The Morgan fingerprint density at radius 2 is 1.79 bits per heavy atom. The van der Waals surface area contributed by atoms with E-state index in [1.807, 2.05) is 0 Å². The maximum absolute atomic E-state index is 13.1. The van der Waals surface area contributed by atoms with Crippen LogP contribution in [0.15, 0.2) is 23.8 Å². The van der Waals surface area contributed by atoms with Crippen LogP contribution in [-0.2, 0) is 19.1 Å². The molecule has 0 saturated carbocycles. The summed E-state index contributed by atoms with van der Waals surface area (Å²) in [7, 11) is 0. The smallest absolute Gasteiger partial charge is 0.348 e. The first-order chi connectivity index (χ1) is 8.80. The maximum atomic E-state index is 13.1. The quantitative estimate of drug-likeness (QED) is 0.476. The van der Waals surface area contributed by atoms with Crippen LogP contribution in [0.25, 0.3) is 6.08 Å². The fourth-order valence-electron chi connectivity index (χ4n) is 1.58. The molecule has 2 rings (SSSR count). The third-order valence-electron chi connectivity index (χ3n) is 2.43. The van der Waals surface area contributed by atoms with Gasteiger partial charge in [-0.05, 0) is 12.1 Å². The molecule has 1 fully saturated rings. The summed E-state index contributed by atoms with van der Waals surface area (Å²) >= 11 is 0. The molecule has 100 valence electrons. The van der Waals surface area contributed by atoms with Gasteiger partial charge in [-0.1, -0.05) is 12.1 Å². The molecular formula is C13H11FO5. The van der Waals surface area contributed by atoms with E-state index >= 15 is 0 Å². The van der Waals surface area contributed by atoms with Gasteiger partial charge < -0.3 is 14.6 Å². The molecule has 0 bridgehead atoms. The van der Waals surface area contributed by atoms with E-state index in [0.717, 1.165) is 12.1 Å². The van der Waals surface area contributed by atoms with E-state index in [0.29, 0.717) is 0 Å². The fraction of sp³-hybridized carbons (Fsp3) is 0.231. The Labute approximate surface area is 108 Å². The summed E-state index contributed by atoms with van der Waals surface area (Å²) < 4.78 is 22.9. The minimum atomic E-state index is -1.34. The van der Waals surface area contributed by atoms with Crippen molar-refractivity contribution >= 4 is 18.0 Å². The van der Waals surface area contributed by atoms with Crippen molar-refractivity contribution in [2.45, 2.75) is 19.6 Å². The lowest BCUT2D eigenvalue weighted by atomic mass is 10.1. The van der Waals surface area contributed by atoms with Crippen LogP contribution in [0.4, 0.5) is 4.39 Å². The number of phenols is 1. The van der Waals surface area contributed by atoms with Crippen LogP contribution in [0, 0.1) is 5.82 Å². The zero-order chi connectivity index (χ0) is 14.2. The van der Waals surface area contributed by atoms with Gasteiger partial charge in [0.25, 0.3) is 5.79 Å². The number of hydrogen-bond acceptors (Lipinski definition) is 5. The first-order valence-electron chi connectivity index (χ1n) is 5.46. The molecule has 0 unspecified atom stereocenters. The predicted molar refractivity (Wildman–Crippen MR) is 62.3 cm³/mol. The summed E-state index contributed by atoms with van der Waals surface area (Å²) in [6.07, 6.45) is 1.03. The Balaban J connectivity index is 2.41. The Hall–Kier alpha value is -2.37. The van der Waals surface area contributed by atoms with Crippen molar-refractivity contribution in [3.8, 4) is 5.75 Å². The number of cyclic esters (lactones) is 2. The highest BCUT2D eigenvalue weighted by Crippen LogP contribution is 2.27. The van der Waals surface area contributed by atoms with Crippen LogP contribution >= 0.6 is 0 Å². The number of halogens is 1. The number of aromatic hydroxyl groups is 1. The zero-order valence-electron chi connectivity index (χ0n) is 10.3. The molecule has 0 atom stereocenters. The molecule has 1 saturated heterocycles. The first-order valence-corrected chi connectivity index (χ1v) is 5.46. The molecule has 0 spiro atoms. The molecule has 1 aliphatic heterocycles. The second kappa shape index (κ2) is 4.38. The monoisotopic (exact) mass is 266 g/mol. The lowest BCUT2D eigenvalue weighted by Gasteiger charge is -2.29. The summed E-state index contributed by atoms with van der Waals surface area (Å²) in [6.45, 7) is 2.83. The van der Waals surface area contributed by atoms with Crippen molar-refractivity contribution in [3.05, 3.63) is 35.2 Å². The summed E-state index contributed by atoms with van der Waals surface area (Å²) in [5.74, 6) is -4.61. The molecule has 5 nitrogen and oxygen atoms in total. The highest BCUT2D eigenvalue weighted by molar-refractivity contribution is 6.19. The molecule has 1 heterocycles. The standard InChI is InChI=1S/C13H11FO5/c1-13(2)18-11(16)8(12(17)19-13)6-7-4-3-5-9(14)10(7)15/h3-6,15H,1-2H3. The largest absolute Gasteiger partial charge is 0.504 e. The third-order valence-corrected chi connectivity index (χ3v) is 2.43. The SMILES string of the molecule is CC1(C)OC(=O)C(=Cc2cccc(F)c2O)C(=O)O1. The van der Waals surface area contributed by atoms with Crippen molar-refractivity contribution in [2.24, 2.45) is 0 Å². The fourth-order valence-corrected chi connectivity index (χ4v) is 1.58. The highest BCUT2D eigenvalue weighted by atomic mass is 19.1. The van der Waals surface area contributed by atoms with E-state index in [1.54, 1.807) is 0 Å². The van der Waals surface area contributed by atoms with Gasteiger partial charge >= 0.3 is 11.9 Å². The second-order valence-corrected chi connectivity index (χ2v) is 4.41. The van der Waals surface area contributed by atoms with E-state index < -0.39 is 34.9 Å². The highest BCUT2D eigenvalue weighted by Gasteiger charge is 2.38. The molecule has 0 aliphatic carbocycles. The summed E-state index contributed by atoms with van der Waals surface area (Å²) in [6, 6.07) is 3.74. The number of esters is 2. The Kier molecular flexibility index (Phi) is 3.01. The van der Waals surface area contributed by atoms with E-state index in [4.69, 9.17) is 9.47 Å². The van der Waals surface area contributed by atoms with Crippen LogP contribution in [0.3, 0.4) is 0 Å². The van der Waals surface area contributed by atoms with Crippen LogP contribution in [0.1, 0.15) is 19.4 Å². The zero-order valence-corrected chi connectivity index (χ0v) is 10.3. The van der Waals surface area contributed by atoms with Gasteiger partial charge in [-0.3, -0.25) is 0 Å². The molecule has 1 aliphatic rings. The Morgan fingerprint density at radius 1 is 1.21 bits per heavy atom. The van der Waals surface area contributed by atoms with Gasteiger partial charge in [0.2, 0.25) is 0 Å². The van der Waals surface area contributed by atoms with Gasteiger partial charge in [-0.2, -0.15) is 0 Å². The summed E-state index contributed by atoms with van der Waals surface area (Å²) in [5.41, 5.74) is -0.413. The second-order valence-electron chi connectivity index (χ2n) is 4.41. The van der Waals surface area contributed by atoms with Gasteiger partial charge in [0.05, 0.1) is 0 Å². The summed E-state index contributed by atoms with van der Waals surface area (Å²) in [5, 5.41) is 9.48. The molecule has 6 heteroatoms. The van der Waals surface area contributed by atoms with E-state index in [9.17, 15) is 19.1 Å². The molecule has 1 aromatic carbocycles. The van der Waals surface area contributed by atoms with Crippen molar-refractivity contribution < 1.29 is 28.6 Å². The number of ether oxygens (including phenoxy) is 2. The number of hydrogen-bond donors (Lipinski definition) is 1. The van der Waals surface area contributed by atoms with Crippen molar-refractivity contribution in [1.29, 1.82) is 0 Å². The van der Waals surface area contributed by atoms with Gasteiger partial charge in [0.15, 0.2) is 11.6 Å². The minimum absolute atomic E-state index is 0.0105. The van der Waals surface area contributed by atoms with Crippen LogP contribution < -0.4 is 0 Å². The molecular weight excluding hydrogens is 255 g/mol. The molecule has 1 N–H and O–H groups in total. The molecule has 1 aromatic rings. The maximum Gasteiger partial charge on any atom is 0.348 e. The van der Waals surface area contributed by atoms with Gasteiger partial charge in [0.1, 0.15) is 5.57 Å². The number of carbonyl (C=O) groups excluding carboxylic acids is 2. The lowest BCUT2D eigenvalue weighted by molar-refractivity contribution is -0.222. The Bertz CT molecular complexity index is 567. The first kappa shape index (κ1) is 13.1. The van der Waals surface area contributed by atoms with Crippen LogP contribution in [0.2, 0.25) is 0 Å². The molecule has 19 heavy (non-hydrogen) atoms. The number of para-hydroxylation sites is 1. The normalized spacial score (nSPS) is 17.7. The summed E-state index contributed by atoms with van der Waals surface area (Å²) in [4.78, 5) is 23.3. The number of benzene rings is 1. The number of rotatable bonds is 1. The van der Waals surface area contributed by atoms with Crippen LogP contribution in [-0.4, -0.2) is 22.8 Å². The van der Waals surface area contributed by atoms with Crippen molar-refractivity contribution in [3.63, 3.8) is 0 Å². The van der Waals surface area contributed by atoms with Gasteiger partial charge in [-0.25, -0.2) is 14.0 Å². The molecule has 0 aromatic heterocycles. The topological polar surface area (TPSA) is 72.8 Å². The lowest BCUT2D eigenvalue weighted by Crippen LogP contribution is -2.41. The van der Waals surface area contributed by atoms with Crippen molar-refractivity contribution in [2.75, 3.05) is 0 Å². The average Bonchev–Trinajstić information content (AvgIpc) is 2.27. The van der Waals surface area contributed by atoms with Crippen LogP contribution in [0.5, 0.6) is 5.75 Å². The van der Waals surface area contributed by atoms with E-state index in [2.05, 4.69) is 0 Å². The molecule has 0 amide bonds. The van der Waals surface area contributed by atoms with Crippen molar-refractivity contribution in [1.82, 2.24) is 0 Å². The van der Waals surface area contributed by atoms with Gasteiger partial charge in [-0.15, -0.1) is 0 Å². The number of phenolic OH excluding ortho intramolecular Hbond substituents is 1. The predicted octanol–water partition coefficient (Wildman–Crippen LogP) is 1.75. The van der Waals surface area contributed by atoms with Gasteiger partial charge in [0, 0.05) is 19.4 Å². The Morgan fingerprint density at radius 3 is 2.37 bits per heavy atom.